The van der Waals surface area contributed by atoms with Gasteiger partial charge in [0, 0.05) is 30.3 Å². The van der Waals surface area contributed by atoms with E-state index in [4.69, 9.17) is 9.47 Å². The van der Waals surface area contributed by atoms with Gasteiger partial charge in [-0.25, -0.2) is 14.0 Å². The van der Waals surface area contributed by atoms with Crippen LogP contribution >= 0.6 is 11.3 Å². The highest BCUT2D eigenvalue weighted by atomic mass is 32.1. The summed E-state index contributed by atoms with van der Waals surface area (Å²) in [4.78, 5) is 43.0. The van der Waals surface area contributed by atoms with Crippen LogP contribution in [0.1, 0.15) is 40.6 Å². The zero-order valence-electron chi connectivity index (χ0n) is 21.8. The Labute approximate surface area is 231 Å². The van der Waals surface area contributed by atoms with Gasteiger partial charge in [0.2, 0.25) is 5.91 Å². The first-order valence-corrected chi connectivity index (χ1v) is 13.8. The highest BCUT2D eigenvalue weighted by Crippen LogP contribution is 2.18. The molecule has 39 heavy (non-hydrogen) atoms. The van der Waals surface area contributed by atoms with Crippen LogP contribution in [0.5, 0.6) is 0 Å². The van der Waals surface area contributed by atoms with Gasteiger partial charge in [-0.15, -0.1) is 11.3 Å². The Morgan fingerprint density at radius 2 is 1.82 bits per heavy atom. The predicted octanol–water partition coefficient (Wildman–Crippen LogP) is 5.31. The number of hydrogen-bond donors (Lipinski definition) is 1. The van der Waals surface area contributed by atoms with Crippen molar-refractivity contribution >= 4 is 34.9 Å². The topological polar surface area (TPSA) is 88.2 Å². The van der Waals surface area contributed by atoms with Gasteiger partial charge in [-0.05, 0) is 73.2 Å². The molecule has 1 aliphatic heterocycles. The van der Waals surface area contributed by atoms with Crippen molar-refractivity contribution in [1.29, 1.82) is 0 Å². The molecule has 1 saturated heterocycles. The van der Waals surface area contributed by atoms with Crippen molar-refractivity contribution in [3.05, 3.63) is 87.9 Å². The molecule has 0 bridgehead atoms. The number of nitrogens with zero attached hydrogens (tertiary/aromatic N) is 2. The van der Waals surface area contributed by atoms with E-state index in [1.165, 1.54) is 17.0 Å². The number of esters is 1. The van der Waals surface area contributed by atoms with Gasteiger partial charge in [0.05, 0.1) is 24.8 Å². The molecule has 2 aromatic carbocycles. The number of hydrogen-bond acceptors (Lipinski definition) is 6. The Balaban J connectivity index is 1.48. The molecule has 8 nitrogen and oxygen atoms in total. The maximum atomic E-state index is 13.6. The zero-order chi connectivity index (χ0) is 27.6. The molecule has 0 radical (unpaired) electrons. The Morgan fingerprint density at radius 1 is 1.05 bits per heavy atom. The van der Waals surface area contributed by atoms with Crippen LogP contribution in [-0.2, 0) is 27.4 Å². The second-order valence-corrected chi connectivity index (χ2v) is 10.2. The van der Waals surface area contributed by atoms with Crippen LogP contribution in [0.2, 0.25) is 0 Å². The lowest BCUT2D eigenvalue weighted by molar-refractivity contribution is -0.133. The van der Waals surface area contributed by atoms with Gasteiger partial charge in [0.15, 0.2) is 0 Å². The van der Waals surface area contributed by atoms with Gasteiger partial charge in [0.1, 0.15) is 12.4 Å². The van der Waals surface area contributed by atoms with E-state index >= 15 is 0 Å². The Hall–Kier alpha value is -3.76. The minimum atomic E-state index is -0.444. The highest BCUT2D eigenvalue weighted by Gasteiger charge is 2.27. The van der Waals surface area contributed by atoms with Crippen molar-refractivity contribution in [2.24, 2.45) is 0 Å². The molecule has 1 aliphatic rings. The molecule has 2 heterocycles. The molecule has 1 aromatic heterocycles. The summed E-state index contributed by atoms with van der Waals surface area (Å²) in [5.41, 5.74) is 1.66. The maximum absolute atomic E-state index is 13.6. The minimum Gasteiger partial charge on any atom is -0.462 e. The summed E-state index contributed by atoms with van der Waals surface area (Å²) in [7, 11) is 0. The lowest BCUT2D eigenvalue weighted by Crippen LogP contribution is -2.46. The van der Waals surface area contributed by atoms with Crippen LogP contribution in [0.25, 0.3) is 0 Å². The summed E-state index contributed by atoms with van der Waals surface area (Å²) in [5.74, 6) is -1.02. The maximum Gasteiger partial charge on any atom is 0.338 e. The molecule has 0 saturated carbocycles. The van der Waals surface area contributed by atoms with Crippen molar-refractivity contribution in [2.45, 2.75) is 39.0 Å². The van der Waals surface area contributed by atoms with E-state index in [0.29, 0.717) is 24.4 Å². The average Bonchev–Trinajstić information content (AvgIpc) is 3.64. The second-order valence-electron chi connectivity index (χ2n) is 9.20. The van der Waals surface area contributed by atoms with Crippen molar-refractivity contribution in [1.82, 2.24) is 9.80 Å². The molecule has 4 rings (SSSR count). The van der Waals surface area contributed by atoms with Gasteiger partial charge in [-0.2, -0.15) is 0 Å². The Morgan fingerprint density at radius 3 is 2.46 bits per heavy atom. The number of rotatable bonds is 11. The van der Waals surface area contributed by atoms with Gasteiger partial charge in [0.25, 0.3) is 0 Å². The molecule has 1 unspecified atom stereocenters. The number of benzene rings is 2. The molecule has 0 aliphatic carbocycles. The number of ether oxygens (including phenoxy) is 2. The molecule has 1 fully saturated rings. The van der Waals surface area contributed by atoms with Crippen molar-refractivity contribution in [3.8, 4) is 0 Å². The summed E-state index contributed by atoms with van der Waals surface area (Å²) >= 11 is 1.54. The van der Waals surface area contributed by atoms with Crippen LogP contribution in [0.3, 0.4) is 0 Å². The number of amides is 3. The van der Waals surface area contributed by atoms with E-state index in [2.05, 4.69) is 5.32 Å². The first-order valence-electron chi connectivity index (χ1n) is 12.9. The van der Waals surface area contributed by atoms with Crippen LogP contribution in [-0.4, -0.2) is 60.1 Å². The third-order valence-electron chi connectivity index (χ3n) is 6.27. The molecule has 0 spiro atoms. The number of halogens is 1. The summed E-state index contributed by atoms with van der Waals surface area (Å²) in [6, 6.07) is 15.9. The van der Waals surface area contributed by atoms with E-state index in [9.17, 15) is 18.8 Å². The highest BCUT2D eigenvalue weighted by molar-refractivity contribution is 7.09. The molecule has 1 atom stereocenters. The van der Waals surface area contributed by atoms with E-state index in [-0.39, 0.29) is 44.1 Å². The van der Waals surface area contributed by atoms with Gasteiger partial charge >= 0.3 is 12.0 Å². The molecule has 206 valence electrons. The molecule has 1 N–H and O–H groups in total. The van der Waals surface area contributed by atoms with Crippen molar-refractivity contribution in [3.63, 3.8) is 0 Å². The monoisotopic (exact) mass is 553 g/mol. The van der Waals surface area contributed by atoms with E-state index in [1.807, 2.05) is 17.5 Å². The summed E-state index contributed by atoms with van der Waals surface area (Å²) in [5, 5.41) is 4.77. The molecule has 3 amide bonds. The average molecular weight is 554 g/mol. The number of anilines is 1. The number of nitrogens with one attached hydrogen (secondary N) is 1. The fraction of sp³-hybridized carbons (Fsp3) is 0.345. The SMILES string of the molecule is CCOC(=O)c1ccc(NC(=O)N(CC(=O)N(Cc2ccc(F)cc2)Cc2cccs2)CC2CCCO2)cc1. The lowest BCUT2D eigenvalue weighted by atomic mass is 10.2. The van der Waals surface area contributed by atoms with Gasteiger partial charge in [-0.1, -0.05) is 18.2 Å². The van der Waals surface area contributed by atoms with E-state index in [1.54, 1.807) is 59.6 Å². The first-order chi connectivity index (χ1) is 18.9. The lowest BCUT2D eigenvalue weighted by Gasteiger charge is -2.29. The third-order valence-corrected chi connectivity index (χ3v) is 7.14. The minimum absolute atomic E-state index is 0.154. The number of urea groups is 1. The number of carbonyl (C=O) groups excluding carboxylic acids is 3. The smallest absolute Gasteiger partial charge is 0.338 e. The van der Waals surface area contributed by atoms with Crippen LogP contribution in [0, 0.1) is 5.82 Å². The summed E-state index contributed by atoms with van der Waals surface area (Å²) < 4.78 is 24.2. The van der Waals surface area contributed by atoms with Crippen LogP contribution in [0.15, 0.2) is 66.0 Å². The van der Waals surface area contributed by atoms with Crippen molar-refractivity contribution in [2.75, 3.05) is 31.6 Å². The van der Waals surface area contributed by atoms with E-state index < -0.39 is 12.0 Å². The first kappa shape index (κ1) is 28.3. The number of thiophene rings is 1. The third kappa shape index (κ3) is 8.36. The standard InChI is InChI=1S/C29H32FN3O5S/c1-2-37-28(35)22-9-13-24(14-10-22)31-29(36)33(18-25-5-3-15-38-25)20-27(34)32(19-26-6-4-16-39-26)17-21-7-11-23(30)12-8-21/h4,6-14,16,25H,2-3,5,15,17-20H2,1H3,(H,31,36). The predicted molar refractivity (Wildman–Crippen MR) is 147 cm³/mol. The fourth-order valence-electron chi connectivity index (χ4n) is 4.26. The van der Waals surface area contributed by atoms with Crippen molar-refractivity contribution < 1.29 is 28.2 Å². The number of carbonyl (C=O) groups is 3. The zero-order valence-corrected chi connectivity index (χ0v) is 22.6. The normalized spacial score (nSPS) is 14.6. The molecule has 10 heteroatoms. The summed E-state index contributed by atoms with van der Waals surface area (Å²) in [6.07, 6.45) is 1.55. The second kappa shape index (κ2) is 13.9. The van der Waals surface area contributed by atoms with Crippen LogP contribution in [0.4, 0.5) is 14.9 Å². The largest absolute Gasteiger partial charge is 0.462 e. The molecular weight excluding hydrogens is 521 g/mol. The Bertz CT molecular complexity index is 1230. The molecule has 3 aromatic rings. The van der Waals surface area contributed by atoms with Gasteiger partial charge in [-0.3, -0.25) is 4.79 Å². The fourth-order valence-corrected chi connectivity index (χ4v) is 4.98. The quantitative estimate of drug-likeness (QED) is 0.326. The Kier molecular flexibility index (Phi) is 10.0. The summed E-state index contributed by atoms with van der Waals surface area (Å²) in [6.45, 7) is 3.39. The van der Waals surface area contributed by atoms with Crippen LogP contribution < -0.4 is 5.32 Å². The molecular formula is C29H32FN3O5S. The van der Waals surface area contributed by atoms with E-state index in [0.717, 1.165) is 23.3 Å². The van der Waals surface area contributed by atoms with Gasteiger partial charge < -0.3 is 24.6 Å².